The number of H-pyrrole nitrogens is 1. The van der Waals surface area contributed by atoms with E-state index < -0.39 is 0 Å². The van der Waals surface area contributed by atoms with E-state index in [4.69, 9.17) is 0 Å². The smallest absolute Gasteiger partial charge is 0.254 e. The van der Waals surface area contributed by atoms with Gasteiger partial charge >= 0.3 is 0 Å². The van der Waals surface area contributed by atoms with Gasteiger partial charge < -0.3 is 9.88 Å². The van der Waals surface area contributed by atoms with Crippen LogP contribution in [0.1, 0.15) is 36.3 Å². The van der Waals surface area contributed by atoms with Crippen molar-refractivity contribution in [2.75, 3.05) is 6.54 Å². The van der Waals surface area contributed by atoms with Crippen LogP contribution in [-0.4, -0.2) is 28.4 Å². The van der Waals surface area contributed by atoms with Crippen molar-refractivity contribution in [3.05, 3.63) is 45.9 Å². The molecule has 1 aromatic rings. The van der Waals surface area contributed by atoms with Crippen LogP contribution < -0.4 is 5.56 Å². The third-order valence-electron chi connectivity index (χ3n) is 3.27. The maximum Gasteiger partial charge on any atom is 0.254 e. The van der Waals surface area contributed by atoms with Crippen molar-refractivity contribution in [3.8, 4) is 0 Å². The first-order chi connectivity index (χ1) is 8.65. The molecule has 0 fully saturated rings. The van der Waals surface area contributed by atoms with Crippen molar-refractivity contribution >= 4 is 5.91 Å². The van der Waals surface area contributed by atoms with Crippen LogP contribution in [0.25, 0.3) is 0 Å². The lowest BCUT2D eigenvalue weighted by atomic mass is 10.1. The summed E-state index contributed by atoms with van der Waals surface area (Å²) in [5, 5.41) is 0. The minimum atomic E-state index is -0.210. The Labute approximate surface area is 106 Å². The first-order valence-electron chi connectivity index (χ1n) is 6.36. The molecule has 0 aromatic carbocycles. The highest BCUT2D eigenvalue weighted by molar-refractivity contribution is 5.95. The highest BCUT2D eigenvalue weighted by atomic mass is 16.2. The number of hydrogen-bond donors (Lipinski definition) is 1. The Morgan fingerprint density at radius 1 is 1.44 bits per heavy atom. The largest absolute Gasteiger partial charge is 0.329 e. The summed E-state index contributed by atoms with van der Waals surface area (Å²) in [5.41, 5.74) is 1.07. The van der Waals surface area contributed by atoms with Gasteiger partial charge in [-0.25, -0.2) is 0 Å². The molecule has 0 aliphatic carbocycles. The van der Waals surface area contributed by atoms with Crippen molar-refractivity contribution in [1.82, 2.24) is 9.88 Å². The Morgan fingerprint density at radius 2 is 2.22 bits per heavy atom. The van der Waals surface area contributed by atoms with Crippen LogP contribution in [-0.2, 0) is 6.42 Å². The van der Waals surface area contributed by atoms with Crippen molar-refractivity contribution in [3.63, 3.8) is 0 Å². The molecule has 0 radical (unpaired) electrons. The molecule has 0 saturated carbocycles. The number of nitrogens with one attached hydrogen (secondary N) is 1. The van der Waals surface area contributed by atoms with Gasteiger partial charge in [-0.2, -0.15) is 0 Å². The SMILES string of the molecule is CCc1cc(C(=O)N2CC=CC2CC)cc(=O)[nH]1. The molecule has 1 aliphatic rings. The molecule has 2 rings (SSSR count). The molecule has 1 amide bonds. The fourth-order valence-electron chi connectivity index (χ4n) is 2.24. The summed E-state index contributed by atoms with van der Waals surface area (Å²) in [7, 11) is 0. The lowest BCUT2D eigenvalue weighted by Crippen LogP contribution is -2.36. The molecule has 1 atom stereocenters. The van der Waals surface area contributed by atoms with Gasteiger partial charge in [-0.05, 0) is 18.9 Å². The summed E-state index contributed by atoms with van der Waals surface area (Å²) in [6.45, 7) is 4.63. The molecular formula is C14H18N2O2. The van der Waals surface area contributed by atoms with Gasteiger partial charge in [0.15, 0.2) is 0 Å². The highest BCUT2D eigenvalue weighted by Gasteiger charge is 2.24. The van der Waals surface area contributed by atoms with Crippen LogP contribution in [0.3, 0.4) is 0 Å². The van der Waals surface area contributed by atoms with Gasteiger partial charge in [-0.3, -0.25) is 9.59 Å². The Morgan fingerprint density at radius 3 is 2.89 bits per heavy atom. The minimum absolute atomic E-state index is 0.0624. The summed E-state index contributed by atoms with van der Waals surface area (Å²) < 4.78 is 0. The molecule has 2 heterocycles. The summed E-state index contributed by atoms with van der Waals surface area (Å²) in [5.74, 6) is -0.0624. The number of amides is 1. The maximum atomic E-state index is 12.4. The molecule has 1 unspecified atom stereocenters. The fraction of sp³-hybridized carbons (Fsp3) is 0.429. The molecule has 4 heteroatoms. The molecule has 0 saturated heterocycles. The number of carbonyl (C=O) groups excluding carboxylic acids is 1. The van der Waals surface area contributed by atoms with E-state index in [1.165, 1.54) is 6.07 Å². The molecule has 18 heavy (non-hydrogen) atoms. The van der Waals surface area contributed by atoms with E-state index in [2.05, 4.69) is 11.9 Å². The van der Waals surface area contributed by atoms with Crippen molar-refractivity contribution in [1.29, 1.82) is 0 Å². The predicted octanol–water partition coefficient (Wildman–Crippen LogP) is 1.73. The van der Waals surface area contributed by atoms with E-state index in [0.29, 0.717) is 18.5 Å². The summed E-state index contributed by atoms with van der Waals surface area (Å²) in [6, 6.07) is 3.31. The monoisotopic (exact) mass is 246 g/mol. The molecular weight excluding hydrogens is 228 g/mol. The summed E-state index contributed by atoms with van der Waals surface area (Å²) in [6.07, 6.45) is 5.66. The van der Waals surface area contributed by atoms with Crippen LogP contribution in [0.4, 0.5) is 0 Å². The van der Waals surface area contributed by atoms with Gasteiger partial charge in [0.2, 0.25) is 5.56 Å². The number of aromatic nitrogens is 1. The highest BCUT2D eigenvalue weighted by Crippen LogP contribution is 2.16. The zero-order valence-electron chi connectivity index (χ0n) is 10.8. The zero-order chi connectivity index (χ0) is 13.1. The average molecular weight is 246 g/mol. The Balaban J connectivity index is 2.29. The van der Waals surface area contributed by atoms with Crippen LogP contribution in [0.15, 0.2) is 29.1 Å². The zero-order valence-corrected chi connectivity index (χ0v) is 10.8. The van der Waals surface area contributed by atoms with Gasteiger partial charge in [0.25, 0.3) is 5.91 Å². The van der Waals surface area contributed by atoms with E-state index in [1.54, 1.807) is 11.0 Å². The molecule has 4 nitrogen and oxygen atoms in total. The fourth-order valence-corrected chi connectivity index (χ4v) is 2.24. The standard InChI is InChI=1S/C14H18N2O2/c1-3-11-8-10(9-13(17)15-11)14(18)16-7-5-6-12(16)4-2/h5-6,8-9,12H,3-4,7H2,1-2H3,(H,15,17). The molecule has 1 N–H and O–H groups in total. The number of aromatic amines is 1. The van der Waals surface area contributed by atoms with E-state index >= 15 is 0 Å². The van der Waals surface area contributed by atoms with Crippen molar-refractivity contribution in [2.24, 2.45) is 0 Å². The lowest BCUT2D eigenvalue weighted by Gasteiger charge is -2.23. The molecule has 0 bridgehead atoms. The molecule has 96 valence electrons. The van der Waals surface area contributed by atoms with Crippen molar-refractivity contribution in [2.45, 2.75) is 32.7 Å². The molecule has 0 spiro atoms. The first-order valence-corrected chi connectivity index (χ1v) is 6.36. The second-order valence-electron chi connectivity index (χ2n) is 4.47. The van der Waals surface area contributed by atoms with E-state index in [9.17, 15) is 9.59 Å². The number of hydrogen-bond acceptors (Lipinski definition) is 2. The third-order valence-corrected chi connectivity index (χ3v) is 3.27. The number of pyridine rings is 1. The normalized spacial score (nSPS) is 18.3. The average Bonchev–Trinajstić information content (AvgIpc) is 2.85. The van der Waals surface area contributed by atoms with Gasteiger partial charge in [-0.15, -0.1) is 0 Å². The van der Waals surface area contributed by atoms with E-state index in [1.807, 2.05) is 19.1 Å². The van der Waals surface area contributed by atoms with Crippen LogP contribution in [0.5, 0.6) is 0 Å². The number of aryl methyl sites for hydroxylation is 1. The topological polar surface area (TPSA) is 53.2 Å². The number of carbonyl (C=O) groups is 1. The Bertz CT molecular complexity index is 531. The summed E-state index contributed by atoms with van der Waals surface area (Å²) >= 11 is 0. The minimum Gasteiger partial charge on any atom is -0.329 e. The second kappa shape index (κ2) is 5.21. The van der Waals surface area contributed by atoms with Gasteiger partial charge in [0.05, 0.1) is 6.04 Å². The van der Waals surface area contributed by atoms with Crippen LogP contribution in [0, 0.1) is 0 Å². The molecule has 1 aromatic heterocycles. The van der Waals surface area contributed by atoms with Crippen LogP contribution >= 0.6 is 0 Å². The number of rotatable bonds is 3. The Hall–Kier alpha value is -1.84. The van der Waals surface area contributed by atoms with Gasteiger partial charge in [0.1, 0.15) is 0 Å². The third kappa shape index (κ3) is 2.37. The van der Waals surface area contributed by atoms with E-state index in [-0.39, 0.29) is 17.5 Å². The quantitative estimate of drug-likeness (QED) is 0.826. The first kappa shape index (κ1) is 12.6. The van der Waals surface area contributed by atoms with E-state index in [0.717, 1.165) is 12.1 Å². The van der Waals surface area contributed by atoms with Crippen molar-refractivity contribution < 1.29 is 4.79 Å². The lowest BCUT2D eigenvalue weighted by molar-refractivity contribution is 0.0747. The second-order valence-corrected chi connectivity index (χ2v) is 4.47. The maximum absolute atomic E-state index is 12.4. The van der Waals surface area contributed by atoms with Gasteiger partial charge in [-0.1, -0.05) is 26.0 Å². The number of nitrogens with zero attached hydrogens (tertiary/aromatic N) is 1. The Kier molecular flexibility index (Phi) is 3.65. The molecule has 1 aliphatic heterocycles. The summed E-state index contributed by atoms with van der Waals surface area (Å²) in [4.78, 5) is 28.4. The predicted molar refractivity (Wildman–Crippen MR) is 70.7 cm³/mol. The van der Waals surface area contributed by atoms with Gasteiger partial charge in [0, 0.05) is 23.9 Å². The van der Waals surface area contributed by atoms with Crippen LogP contribution in [0.2, 0.25) is 0 Å².